The Morgan fingerprint density at radius 2 is 2.00 bits per heavy atom. The highest BCUT2D eigenvalue weighted by Crippen LogP contribution is 2.24. The number of rotatable bonds is 6. The Balaban J connectivity index is 1.92. The van der Waals surface area contributed by atoms with Crippen LogP contribution >= 0.6 is 11.8 Å². The lowest BCUT2D eigenvalue weighted by Crippen LogP contribution is -2.17. The van der Waals surface area contributed by atoms with Crippen molar-refractivity contribution in [3.05, 3.63) is 35.7 Å². The highest BCUT2D eigenvalue weighted by atomic mass is 32.2. The van der Waals surface area contributed by atoms with Crippen molar-refractivity contribution in [1.82, 2.24) is 14.8 Å². The number of nitrogens with zero attached hydrogens (tertiary/aromatic N) is 3. The first-order valence-electron chi connectivity index (χ1n) is 7.28. The first kappa shape index (κ1) is 17.3. The van der Waals surface area contributed by atoms with Gasteiger partial charge in [-0.1, -0.05) is 44.7 Å². The van der Waals surface area contributed by atoms with Gasteiger partial charge in [-0.3, -0.25) is 0 Å². The van der Waals surface area contributed by atoms with Crippen molar-refractivity contribution in [2.45, 2.75) is 31.3 Å². The molecule has 2 rings (SSSR count). The third kappa shape index (κ3) is 4.25. The molecule has 0 saturated heterocycles. The number of thioether (sulfide) groups is 1. The molecule has 0 amide bonds. The molecule has 124 valence electrons. The molecule has 6 nitrogen and oxygen atoms in total. The van der Waals surface area contributed by atoms with Gasteiger partial charge in [0.2, 0.25) is 0 Å². The minimum absolute atomic E-state index is 0.0580. The van der Waals surface area contributed by atoms with Crippen LogP contribution in [0.4, 0.5) is 0 Å². The largest absolute Gasteiger partial charge is 0.492 e. The predicted octanol–water partition coefficient (Wildman–Crippen LogP) is 2.98. The molecule has 1 N–H and O–H groups in total. The summed E-state index contributed by atoms with van der Waals surface area (Å²) in [5.74, 6) is 0.979. The molecule has 0 saturated carbocycles. The van der Waals surface area contributed by atoms with E-state index in [1.807, 2.05) is 11.6 Å². The molecule has 0 aliphatic heterocycles. The molecule has 0 radical (unpaired) electrons. The lowest BCUT2D eigenvalue weighted by molar-refractivity contribution is 0.0692. The minimum Gasteiger partial charge on any atom is -0.492 e. The SMILES string of the molecule is Cn1c(SCCOc2ccccc2C(=O)O)nnc1C(C)(C)C. The van der Waals surface area contributed by atoms with E-state index in [0.29, 0.717) is 18.1 Å². The second-order valence-corrected chi connectivity index (χ2v) is 7.18. The van der Waals surface area contributed by atoms with E-state index in [1.165, 1.54) is 17.8 Å². The molecule has 0 aliphatic rings. The Bertz CT molecular complexity index is 692. The maximum Gasteiger partial charge on any atom is 0.339 e. The maximum absolute atomic E-state index is 11.1. The fourth-order valence-electron chi connectivity index (χ4n) is 2.15. The quantitative estimate of drug-likeness (QED) is 0.646. The molecular weight excluding hydrogens is 314 g/mol. The molecule has 0 unspecified atom stereocenters. The van der Waals surface area contributed by atoms with Gasteiger partial charge in [0.15, 0.2) is 5.16 Å². The summed E-state index contributed by atoms with van der Waals surface area (Å²) in [4.78, 5) is 11.1. The van der Waals surface area contributed by atoms with Gasteiger partial charge >= 0.3 is 5.97 Å². The van der Waals surface area contributed by atoms with Crippen molar-refractivity contribution < 1.29 is 14.6 Å². The van der Waals surface area contributed by atoms with Gasteiger partial charge < -0.3 is 14.4 Å². The number of hydrogen-bond donors (Lipinski definition) is 1. The van der Waals surface area contributed by atoms with E-state index in [1.54, 1.807) is 18.2 Å². The van der Waals surface area contributed by atoms with Crippen molar-refractivity contribution in [2.24, 2.45) is 7.05 Å². The summed E-state index contributed by atoms with van der Waals surface area (Å²) < 4.78 is 7.56. The van der Waals surface area contributed by atoms with Gasteiger partial charge in [0.25, 0.3) is 0 Å². The average molecular weight is 335 g/mol. The van der Waals surface area contributed by atoms with E-state index < -0.39 is 5.97 Å². The summed E-state index contributed by atoms with van der Waals surface area (Å²) in [7, 11) is 1.95. The smallest absolute Gasteiger partial charge is 0.339 e. The zero-order valence-electron chi connectivity index (χ0n) is 13.7. The van der Waals surface area contributed by atoms with Crippen LogP contribution in [-0.2, 0) is 12.5 Å². The molecule has 1 aromatic heterocycles. The molecule has 1 aromatic carbocycles. The monoisotopic (exact) mass is 335 g/mol. The van der Waals surface area contributed by atoms with Crippen LogP contribution in [0.5, 0.6) is 5.75 Å². The molecule has 2 aromatic rings. The number of aromatic carboxylic acids is 1. The molecule has 0 atom stereocenters. The Labute approximate surface area is 139 Å². The number of carboxylic acid groups (broad SMARTS) is 1. The minimum atomic E-state index is -0.989. The molecule has 0 aliphatic carbocycles. The fourth-order valence-corrected chi connectivity index (χ4v) is 2.88. The topological polar surface area (TPSA) is 77.2 Å². The predicted molar refractivity (Wildman–Crippen MR) is 89.3 cm³/mol. The normalized spacial score (nSPS) is 11.5. The van der Waals surface area contributed by atoms with Crippen LogP contribution in [0.15, 0.2) is 29.4 Å². The highest BCUT2D eigenvalue weighted by Gasteiger charge is 2.22. The molecule has 1 heterocycles. The van der Waals surface area contributed by atoms with Crippen LogP contribution in [-0.4, -0.2) is 38.2 Å². The number of ether oxygens (including phenoxy) is 1. The summed E-state index contributed by atoms with van der Waals surface area (Å²) in [6.45, 7) is 6.68. The first-order valence-corrected chi connectivity index (χ1v) is 8.27. The Morgan fingerprint density at radius 3 is 2.61 bits per heavy atom. The third-order valence-corrected chi connectivity index (χ3v) is 4.18. The van der Waals surface area contributed by atoms with Crippen LogP contribution in [0.1, 0.15) is 37.0 Å². The van der Waals surface area contributed by atoms with Crippen molar-refractivity contribution in [3.63, 3.8) is 0 Å². The summed E-state index contributed by atoms with van der Waals surface area (Å²) in [5.41, 5.74) is 0.114. The lowest BCUT2D eigenvalue weighted by Gasteiger charge is -2.16. The number of aromatic nitrogens is 3. The Hall–Kier alpha value is -2.02. The number of hydrogen-bond acceptors (Lipinski definition) is 5. The van der Waals surface area contributed by atoms with E-state index in [9.17, 15) is 4.79 Å². The van der Waals surface area contributed by atoms with E-state index in [-0.39, 0.29) is 11.0 Å². The van der Waals surface area contributed by atoms with Gasteiger partial charge in [-0.05, 0) is 12.1 Å². The molecule has 0 bridgehead atoms. The van der Waals surface area contributed by atoms with Crippen LogP contribution in [0.2, 0.25) is 0 Å². The summed E-state index contributed by atoms with van der Waals surface area (Å²) >= 11 is 1.53. The van der Waals surface area contributed by atoms with Crippen LogP contribution < -0.4 is 4.74 Å². The van der Waals surface area contributed by atoms with E-state index in [4.69, 9.17) is 9.84 Å². The van der Waals surface area contributed by atoms with Gasteiger partial charge in [0.1, 0.15) is 17.1 Å². The standard InChI is InChI=1S/C16H21N3O3S/c1-16(2,3)14-17-18-15(19(14)4)23-10-9-22-12-8-6-5-7-11(12)13(20)21/h5-8H,9-10H2,1-4H3,(H,20,21). The van der Waals surface area contributed by atoms with Gasteiger partial charge in [-0.2, -0.15) is 0 Å². The van der Waals surface area contributed by atoms with E-state index in [2.05, 4.69) is 31.0 Å². The number of benzene rings is 1. The Morgan fingerprint density at radius 1 is 1.30 bits per heavy atom. The van der Waals surface area contributed by atoms with Gasteiger partial charge in [-0.15, -0.1) is 10.2 Å². The molecule has 7 heteroatoms. The second-order valence-electron chi connectivity index (χ2n) is 6.11. The van der Waals surface area contributed by atoms with Crippen LogP contribution in [0, 0.1) is 0 Å². The number of carbonyl (C=O) groups is 1. The van der Waals surface area contributed by atoms with Crippen molar-refractivity contribution in [2.75, 3.05) is 12.4 Å². The van der Waals surface area contributed by atoms with Crippen LogP contribution in [0.25, 0.3) is 0 Å². The summed E-state index contributed by atoms with van der Waals surface area (Å²) in [5, 5.41) is 18.4. The van der Waals surface area contributed by atoms with Crippen molar-refractivity contribution in [3.8, 4) is 5.75 Å². The number of para-hydroxylation sites is 1. The lowest BCUT2D eigenvalue weighted by atomic mass is 9.96. The molecule has 0 spiro atoms. The van der Waals surface area contributed by atoms with Gasteiger partial charge in [0.05, 0.1) is 6.61 Å². The first-order chi connectivity index (χ1) is 10.8. The summed E-state index contributed by atoms with van der Waals surface area (Å²) in [6.07, 6.45) is 0. The maximum atomic E-state index is 11.1. The van der Waals surface area contributed by atoms with Crippen molar-refractivity contribution >= 4 is 17.7 Å². The molecular formula is C16H21N3O3S. The number of carboxylic acids is 1. The van der Waals surface area contributed by atoms with Crippen LogP contribution in [0.3, 0.4) is 0 Å². The van der Waals surface area contributed by atoms with Gasteiger partial charge in [-0.25, -0.2) is 4.79 Å². The van der Waals surface area contributed by atoms with Gasteiger partial charge in [0, 0.05) is 18.2 Å². The fraction of sp³-hybridized carbons (Fsp3) is 0.438. The van der Waals surface area contributed by atoms with E-state index >= 15 is 0 Å². The highest BCUT2D eigenvalue weighted by molar-refractivity contribution is 7.99. The second kappa shape index (κ2) is 7.04. The zero-order chi connectivity index (χ0) is 17.0. The zero-order valence-corrected chi connectivity index (χ0v) is 14.6. The molecule has 0 fully saturated rings. The summed E-state index contributed by atoms with van der Waals surface area (Å²) in [6, 6.07) is 6.63. The average Bonchev–Trinajstić information content (AvgIpc) is 2.85. The molecule has 23 heavy (non-hydrogen) atoms. The van der Waals surface area contributed by atoms with Crippen molar-refractivity contribution in [1.29, 1.82) is 0 Å². The third-order valence-electron chi connectivity index (χ3n) is 3.20. The van der Waals surface area contributed by atoms with E-state index in [0.717, 1.165) is 11.0 Å². The Kier molecular flexibility index (Phi) is 5.30.